The lowest BCUT2D eigenvalue weighted by Crippen LogP contribution is -2.51. The molecule has 36 heavy (non-hydrogen) atoms. The number of anilines is 2. The average Bonchev–Trinajstić information content (AvgIpc) is 3.23. The number of aliphatic hydroxyl groups excluding tert-OH is 1. The van der Waals surface area contributed by atoms with Crippen LogP contribution in [-0.4, -0.2) is 72.1 Å². The predicted octanol–water partition coefficient (Wildman–Crippen LogP) is 2.15. The van der Waals surface area contributed by atoms with E-state index in [1.165, 1.54) is 18.2 Å². The summed E-state index contributed by atoms with van der Waals surface area (Å²) in [6, 6.07) is 6.94. The first kappa shape index (κ1) is 25.0. The van der Waals surface area contributed by atoms with E-state index in [9.17, 15) is 19.6 Å². The number of ether oxygens (including phenoxy) is 1. The average molecular weight is 495 g/mol. The summed E-state index contributed by atoms with van der Waals surface area (Å²) >= 11 is 0. The van der Waals surface area contributed by atoms with Gasteiger partial charge in [0, 0.05) is 25.6 Å². The molecule has 0 unspecified atom stereocenters. The molecule has 1 aliphatic heterocycles. The second-order valence-electron chi connectivity index (χ2n) is 8.48. The van der Waals surface area contributed by atoms with Crippen molar-refractivity contribution in [3.05, 3.63) is 42.0 Å². The summed E-state index contributed by atoms with van der Waals surface area (Å²) in [6.07, 6.45) is 0.634. The SMILES string of the molecule is CCc1c(Nc2ncnc(-c3ccc(O[C@H]4CCN(C(=O)[C@H](C)O)C[C@H]4F)c(C#N)c3)n2)cnn1C. The van der Waals surface area contributed by atoms with Crippen molar-refractivity contribution in [2.75, 3.05) is 18.4 Å². The first-order valence-corrected chi connectivity index (χ1v) is 11.6. The molecule has 1 fully saturated rings. The minimum Gasteiger partial charge on any atom is -0.486 e. The molecule has 1 aromatic carbocycles. The highest BCUT2D eigenvalue weighted by Crippen LogP contribution is 2.28. The third-order valence-electron chi connectivity index (χ3n) is 6.00. The maximum absolute atomic E-state index is 14.7. The predicted molar refractivity (Wildman–Crippen MR) is 128 cm³/mol. The molecule has 0 aliphatic carbocycles. The van der Waals surface area contributed by atoms with Crippen molar-refractivity contribution in [2.24, 2.45) is 7.05 Å². The number of hydrogen-bond donors (Lipinski definition) is 2. The molecule has 2 N–H and O–H groups in total. The summed E-state index contributed by atoms with van der Waals surface area (Å²) in [6.45, 7) is 3.46. The van der Waals surface area contributed by atoms with Crippen molar-refractivity contribution < 1.29 is 19.0 Å². The van der Waals surface area contributed by atoms with E-state index in [2.05, 4.69) is 31.4 Å². The largest absolute Gasteiger partial charge is 0.486 e. The number of hydrogen-bond acceptors (Lipinski definition) is 9. The first-order chi connectivity index (χ1) is 17.3. The molecule has 1 saturated heterocycles. The summed E-state index contributed by atoms with van der Waals surface area (Å²) in [5.41, 5.74) is 2.57. The number of halogens is 1. The van der Waals surface area contributed by atoms with E-state index >= 15 is 0 Å². The summed E-state index contributed by atoms with van der Waals surface area (Å²) < 4.78 is 22.3. The zero-order valence-electron chi connectivity index (χ0n) is 20.2. The van der Waals surface area contributed by atoms with Crippen LogP contribution in [0, 0.1) is 11.3 Å². The third kappa shape index (κ3) is 5.26. The molecule has 0 saturated carbocycles. The molecule has 1 amide bonds. The van der Waals surface area contributed by atoms with Crippen molar-refractivity contribution in [3.63, 3.8) is 0 Å². The van der Waals surface area contributed by atoms with Gasteiger partial charge in [-0.05, 0) is 31.5 Å². The van der Waals surface area contributed by atoms with Crippen molar-refractivity contribution >= 4 is 17.5 Å². The van der Waals surface area contributed by atoms with Crippen molar-refractivity contribution in [1.82, 2.24) is 29.6 Å². The summed E-state index contributed by atoms with van der Waals surface area (Å²) in [4.78, 5) is 26.1. The smallest absolute Gasteiger partial charge is 0.251 e. The van der Waals surface area contributed by atoms with Gasteiger partial charge in [-0.2, -0.15) is 15.3 Å². The number of likely N-dealkylation sites (tertiary alicyclic amines) is 1. The third-order valence-corrected chi connectivity index (χ3v) is 6.00. The zero-order valence-corrected chi connectivity index (χ0v) is 20.2. The highest BCUT2D eigenvalue weighted by Gasteiger charge is 2.34. The van der Waals surface area contributed by atoms with Crippen LogP contribution >= 0.6 is 0 Å². The number of alkyl halides is 1. The summed E-state index contributed by atoms with van der Waals surface area (Å²) in [5, 5.41) is 26.5. The Labute approximate surface area is 207 Å². The Morgan fingerprint density at radius 1 is 1.42 bits per heavy atom. The molecular formula is C24H27FN8O3. The normalized spacial score (nSPS) is 18.4. The minimum atomic E-state index is -1.45. The van der Waals surface area contributed by atoms with Gasteiger partial charge in [0.15, 0.2) is 12.0 Å². The molecular weight excluding hydrogens is 467 g/mol. The van der Waals surface area contributed by atoms with E-state index in [1.54, 1.807) is 29.1 Å². The van der Waals surface area contributed by atoms with E-state index in [4.69, 9.17) is 4.74 Å². The van der Waals surface area contributed by atoms with Gasteiger partial charge in [0.2, 0.25) is 5.95 Å². The van der Waals surface area contributed by atoms with Gasteiger partial charge < -0.3 is 20.1 Å². The fraction of sp³-hybridized carbons (Fsp3) is 0.417. The number of aromatic nitrogens is 5. The summed E-state index contributed by atoms with van der Waals surface area (Å²) in [7, 11) is 1.86. The van der Waals surface area contributed by atoms with Gasteiger partial charge >= 0.3 is 0 Å². The number of aryl methyl sites for hydroxylation is 1. The van der Waals surface area contributed by atoms with Crippen LogP contribution in [0.3, 0.4) is 0 Å². The maximum Gasteiger partial charge on any atom is 0.251 e. The van der Waals surface area contributed by atoms with Gasteiger partial charge in [-0.25, -0.2) is 14.4 Å². The lowest BCUT2D eigenvalue weighted by Gasteiger charge is -2.35. The zero-order chi connectivity index (χ0) is 25.8. The standard InChI is InChI=1S/C24H27FN8O3/c1-4-19-18(11-29-32(19)3)30-24-28-13-27-22(31-24)15-5-6-20(16(9-15)10-26)36-21-7-8-33(12-17(21)25)23(35)14(2)34/h5-6,9,11,13-14,17,21,34H,4,7-8,12H2,1-3H3,(H,27,28,30,31)/t14-,17+,21-/m0/s1. The molecule has 3 atom stereocenters. The monoisotopic (exact) mass is 494 g/mol. The van der Waals surface area contributed by atoms with Crippen LogP contribution in [0.4, 0.5) is 16.0 Å². The van der Waals surface area contributed by atoms with Crippen LogP contribution < -0.4 is 10.1 Å². The molecule has 4 rings (SSSR count). The molecule has 11 nitrogen and oxygen atoms in total. The Morgan fingerprint density at radius 2 is 2.22 bits per heavy atom. The van der Waals surface area contributed by atoms with Crippen LogP contribution in [0.25, 0.3) is 11.4 Å². The van der Waals surface area contributed by atoms with Gasteiger partial charge in [-0.3, -0.25) is 9.48 Å². The van der Waals surface area contributed by atoms with Crippen molar-refractivity contribution in [2.45, 2.75) is 45.1 Å². The number of nitriles is 1. The Balaban J connectivity index is 1.49. The van der Waals surface area contributed by atoms with E-state index in [1.807, 2.05) is 14.0 Å². The van der Waals surface area contributed by atoms with Gasteiger partial charge in [0.25, 0.3) is 5.91 Å². The number of rotatable bonds is 7. The lowest BCUT2D eigenvalue weighted by atomic mass is 10.0. The van der Waals surface area contributed by atoms with Gasteiger partial charge in [0.1, 0.15) is 30.4 Å². The number of nitrogens with one attached hydrogen (secondary N) is 1. The van der Waals surface area contributed by atoms with E-state index in [-0.39, 0.29) is 30.8 Å². The molecule has 3 heterocycles. The van der Waals surface area contributed by atoms with Gasteiger partial charge in [-0.15, -0.1) is 0 Å². The number of nitrogens with zero attached hydrogens (tertiary/aromatic N) is 7. The topological polar surface area (TPSA) is 142 Å². The second-order valence-corrected chi connectivity index (χ2v) is 8.48. The van der Waals surface area contributed by atoms with Crippen molar-refractivity contribution in [3.8, 4) is 23.2 Å². The Bertz CT molecular complexity index is 1290. The molecule has 1 aliphatic rings. The van der Waals surface area contributed by atoms with Gasteiger partial charge in [0.05, 0.1) is 29.7 Å². The maximum atomic E-state index is 14.7. The Kier molecular flexibility index (Phi) is 7.40. The molecule has 0 bridgehead atoms. The highest BCUT2D eigenvalue weighted by molar-refractivity contribution is 5.80. The van der Waals surface area contributed by atoms with Gasteiger partial charge in [-0.1, -0.05) is 6.92 Å². The summed E-state index contributed by atoms with van der Waals surface area (Å²) in [5.74, 6) is 0.407. The highest BCUT2D eigenvalue weighted by atomic mass is 19.1. The molecule has 12 heteroatoms. The molecule has 3 aromatic rings. The molecule has 2 aromatic heterocycles. The lowest BCUT2D eigenvalue weighted by molar-refractivity contribution is -0.143. The number of carbonyl (C=O) groups excluding carboxylic acids is 1. The van der Waals surface area contributed by atoms with Crippen LogP contribution in [0.1, 0.15) is 31.5 Å². The number of carbonyl (C=O) groups is 1. The first-order valence-electron chi connectivity index (χ1n) is 11.6. The molecule has 0 radical (unpaired) electrons. The minimum absolute atomic E-state index is 0.175. The van der Waals surface area contributed by atoms with Crippen LogP contribution in [0.5, 0.6) is 5.75 Å². The Hall–Kier alpha value is -4.11. The van der Waals surface area contributed by atoms with Crippen molar-refractivity contribution in [1.29, 1.82) is 5.26 Å². The number of benzene rings is 1. The molecule has 0 spiro atoms. The van der Waals surface area contributed by atoms with E-state index < -0.39 is 24.3 Å². The van der Waals surface area contributed by atoms with Crippen LogP contribution in [0.15, 0.2) is 30.7 Å². The molecule has 188 valence electrons. The number of amides is 1. The van der Waals surface area contributed by atoms with E-state index in [0.717, 1.165) is 17.8 Å². The second kappa shape index (κ2) is 10.7. The fourth-order valence-corrected chi connectivity index (χ4v) is 4.11. The van der Waals surface area contributed by atoms with E-state index in [0.29, 0.717) is 17.3 Å². The number of piperidine rings is 1. The quantitative estimate of drug-likeness (QED) is 0.505. The fourth-order valence-electron chi connectivity index (χ4n) is 4.11. The Morgan fingerprint density at radius 3 is 2.92 bits per heavy atom. The van der Waals surface area contributed by atoms with Crippen LogP contribution in [-0.2, 0) is 18.3 Å². The van der Waals surface area contributed by atoms with Crippen LogP contribution in [0.2, 0.25) is 0 Å². The number of aliphatic hydroxyl groups is 1.